The number of aromatic nitrogens is 1. The van der Waals surface area contributed by atoms with Crippen molar-refractivity contribution in [1.82, 2.24) is 4.98 Å². The summed E-state index contributed by atoms with van der Waals surface area (Å²) in [6, 6.07) is 17.1. The standard InChI is InChI=1S/C24H17F2NO3/c1-30-13-14-2-4-15(5-3-14)18-8-6-16(10-21(18)26)23-12-20(24(28)29)19-11-17(25)7-9-22(19)27-23/h2-12H,13H2,1H3,(H,28,29). The maximum atomic E-state index is 14.9. The molecule has 30 heavy (non-hydrogen) atoms. The molecule has 0 aliphatic heterocycles. The van der Waals surface area contributed by atoms with Crippen molar-refractivity contribution in [3.8, 4) is 22.4 Å². The minimum atomic E-state index is -1.21. The molecule has 1 N–H and O–H groups in total. The molecule has 0 aliphatic carbocycles. The quantitative estimate of drug-likeness (QED) is 0.463. The number of fused-ring (bicyclic) bond motifs is 1. The Kier molecular flexibility index (Phi) is 5.25. The molecular weight excluding hydrogens is 388 g/mol. The summed E-state index contributed by atoms with van der Waals surface area (Å²) in [5.74, 6) is -2.21. The first-order valence-electron chi connectivity index (χ1n) is 9.18. The molecule has 0 radical (unpaired) electrons. The first-order chi connectivity index (χ1) is 14.5. The summed E-state index contributed by atoms with van der Waals surface area (Å²) in [6.07, 6.45) is 0. The molecule has 1 aromatic heterocycles. The Morgan fingerprint density at radius 3 is 2.37 bits per heavy atom. The van der Waals surface area contributed by atoms with Gasteiger partial charge in [-0.05, 0) is 41.5 Å². The lowest BCUT2D eigenvalue weighted by Gasteiger charge is -2.10. The number of pyridine rings is 1. The zero-order valence-corrected chi connectivity index (χ0v) is 16.0. The number of benzene rings is 3. The molecule has 0 saturated heterocycles. The van der Waals surface area contributed by atoms with Crippen molar-refractivity contribution in [2.75, 3.05) is 7.11 Å². The predicted molar refractivity (Wildman–Crippen MR) is 110 cm³/mol. The number of rotatable bonds is 5. The molecule has 0 unspecified atom stereocenters. The van der Waals surface area contributed by atoms with Crippen LogP contribution in [-0.2, 0) is 11.3 Å². The number of methoxy groups -OCH3 is 1. The van der Waals surface area contributed by atoms with Gasteiger partial charge in [0.15, 0.2) is 0 Å². The third-order valence-electron chi connectivity index (χ3n) is 4.84. The molecule has 4 nitrogen and oxygen atoms in total. The van der Waals surface area contributed by atoms with E-state index in [0.29, 0.717) is 34.5 Å². The minimum Gasteiger partial charge on any atom is -0.478 e. The Balaban J connectivity index is 1.76. The second kappa shape index (κ2) is 8.00. The largest absolute Gasteiger partial charge is 0.478 e. The Bertz CT molecular complexity index is 1250. The highest BCUT2D eigenvalue weighted by Crippen LogP contribution is 2.30. The summed E-state index contributed by atoms with van der Waals surface area (Å²) in [7, 11) is 1.61. The van der Waals surface area contributed by atoms with Crippen molar-refractivity contribution in [3.05, 3.63) is 89.5 Å². The van der Waals surface area contributed by atoms with Crippen molar-refractivity contribution in [1.29, 1.82) is 0 Å². The van der Waals surface area contributed by atoms with Crippen LogP contribution in [-0.4, -0.2) is 23.2 Å². The van der Waals surface area contributed by atoms with Crippen molar-refractivity contribution in [2.45, 2.75) is 6.61 Å². The van der Waals surface area contributed by atoms with Gasteiger partial charge < -0.3 is 9.84 Å². The SMILES string of the molecule is COCc1ccc(-c2ccc(-c3cc(C(=O)O)c4cc(F)ccc4n3)cc2F)cc1. The summed E-state index contributed by atoms with van der Waals surface area (Å²) in [5.41, 5.74) is 3.08. The van der Waals surface area contributed by atoms with Gasteiger partial charge in [-0.2, -0.15) is 0 Å². The molecule has 0 bridgehead atoms. The van der Waals surface area contributed by atoms with E-state index in [-0.39, 0.29) is 10.9 Å². The third-order valence-corrected chi connectivity index (χ3v) is 4.84. The van der Waals surface area contributed by atoms with E-state index in [9.17, 15) is 18.7 Å². The molecule has 0 spiro atoms. The highest BCUT2D eigenvalue weighted by molar-refractivity contribution is 6.03. The first-order valence-corrected chi connectivity index (χ1v) is 9.18. The minimum absolute atomic E-state index is 0.0901. The Morgan fingerprint density at radius 1 is 0.967 bits per heavy atom. The molecule has 0 saturated carbocycles. The Labute approximate surface area is 171 Å². The van der Waals surface area contributed by atoms with Gasteiger partial charge in [0, 0.05) is 23.6 Å². The van der Waals surface area contributed by atoms with Gasteiger partial charge in [0.1, 0.15) is 11.6 Å². The summed E-state index contributed by atoms with van der Waals surface area (Å²) in [5, 5.41) is 9.71. The molecule has 0 amide bonds. The molecule has 6 heteroatoms. The summed E-state index contributed by atoms with van der Waals surface area (Å²) >= 11 is 0. The highest BCUT2D eigenvalue weighted by atomic mass is 19.1. The van der Waals surface area contributed by atoms with Crippen LogP contribution in [0.5, 0.6) is 0 Å². The van der Waals surface area contributed by atoms with Crippen LogP contribution in [0.1, 0.15) is 15.9 Å². The molecule has 0 aliphatic rings. The number of carbonyl (C=O) groups is 1. The zero-order valence-electron chi connectivity index (χ0n) is 16.0. The number of ether oxygens (including phenoxy) is 1. The average Bonchev–Trinajstić information content (AvgIpc) is 2.73. The first kappa shape index (κ1) is 19.7. The van der Waals surface area contributed by atoms with E-state index in [4.69, 9.17) is 4.74 Å². The lowest BCUT2D eigenvalue weighted by Crippen LogP contribution is -2.01. The van der Waals surface area contributed by atoms with Crippen LogP contribution in [0.15, 0.2) is 66.7 Å². The number of hydrogen-bond donors (Lipinski definition) is 1. The average molecular weight is 405 g/mol. The fraction of sp³-hybridized carbons (Fsp3) is 0.0833. The van der Waals surface area contributed by atoms with Crippen LogP contribution in [0.3, 0.4) is 0 Å². The monoisotopic (exact) mass is 405 g/mol. The fourth-order valence-corrected chi connectivity index (χ4v) is 3.38. The van der Waals surface area contributed by atoms with Crippen LogP contribution in [0.2, 0.25) is 0 Å². The van der Waals surface area contributed by atoms with E-state index in [2.05, 4.69) is 4.98 Å². The topological polar surface area (TPSA) is 59.4 Å². The predicted octanol–water partition coefficient (Wildman–Crippen LogP) is 5.69. The van der Waals surface area contributed by atoms with E-state index in [1.165, 1.54) is 24.3 Å². The lowest BCUT2D eigenvalue weighted by molar-refractivity contribution is 0.0699. The lowest BCUT2D eigenvalue weighted by atomic mass is 9.99. The van der Waals surface area contributed by atoms with Crippen molar-refractivity contribution in [3.63, 3.8) is 0 Å². The number of carboxylic acids is 1. The van der Waals surface area contributed by atoms with Crippen LogP contribution in [0.25, 0.3) is 33.3 Å². The van der Waals surface area contributed by atoms with Gasteiger partial charge >= 0.3 is 5.97 Å². The summed E-state index contributed by atoms with van der Waals surface area (Å²) in [4.78, 5) is 16.1. The van der Waals surface area contributed by atoms with Gasteiger partial charge in [-0.1, -0.05) is 36.4 Å². The molecule has 3 aromatic carbocycles. The summed E-state index contributed by atoms with van der Waals surface area (Å²) in [6.45, 7) is 0.477. The normalized spacial score (nSPS) is 11.0. The molecule has 4 aromatic rings. The van der Waals surface area contributed by atoms with E-state index in [1.807, 2.05) is 24.3 Å². The van der Waals surface area contributed by atoms with E-state index in [0.717, 1.165) is 11.6 Å². The molecule has 4 rings (SSSR count). The number of aromatic carboxylic acids is 1. The van der Waals surface area contributed by atoms with Gasteiger partial charge in [0.05, 0.1) is 23.4 Å². The molecular formula is C24H17F2NO3. The van der Waals surface area contributed by atoms with E-state index >= 15 is 0 Å². The zero-order chi connectivity index (χ0) is 21.3. The summed E-state index contributed by atoms with van der Waals surface area (Å²) < 4.78 is 33.5. The van der Waals surface area contributed by atoms with E-state index < -0.39 is 17.6 Å². The number of halogens is 2. The Morgan fingerprint density at radius 2 is 1.70 bits per heavy atom. The molecule has 0 fully saturated rings. The maximum absolute atomic E-state index is 14.9. The fourth-order valence-electron chi connectivity index (χ4n) is 3.38. The van der Waals surface area contributed by atoms with Gasteiger partial charge in [0.2, 0.25) is 0 Å². The molecule has 150 valence electrons. The number of nitrogens with zero attached hydrogens (tertiary/aromatic N) is 1. The van der Waals surface area contributed by atoms with Crippen LogP contribution in [0.4, 0.5) is 8.78 Å². The van der Waals surface area contributed by atoms with Crippen molar-refractivity contribution in [2.24, 2.45) is 0 Å². The third kappa shape index (κ3) is 3.77. The van der Waals surface area contributed by atoms with Crippen molar-refractivity contribution < 1.29 is 23.4 Å². The van der Waals surface area contributed by atoms with Crippen LogP contribution < -0.4 is 0 Å². The van der Waals surface area contributed by atoms with E-state index in [1.54, 1.807) is 19.2 Å². The van der Waals surface area contributed by atoms with Crippen molar-refractivity contribution >= 4 is 16.9 Å². The second-order valence-corrected chi connectivity index (χ2v) is 6.85. The maximum Gasteiger partial charge on any atom is 0.336 e. The smallest absolute Gasteiger partial charge is 0.336 e. The highest BCUT2D eigenvalue weighted by Gasteiger charge is 2.15. The van der Waals surface area contributed by atoms with Gasteiger partial charge in [-0.15, -0.1) is 0 Å². The van der Waals surface area contributed by atoms with Crippen LogP contribution >= 0.6 is 0 Å². The molecule has 0 atom stereocenters. The van der Waals surface area contributed by atoms with Gasteiger partial charge in [-0.3, -0.25) is 0 Å². The van der Waals surface area contributed by atoms with Crippen LogP contribution in [0, 0.1) is 11.6 Å². The molecule has 1 heterocycles. The number of carboxylic acid groups (broad SMARTS) is 1. The van der Waals surface area contributed by atoms with Gasteiger partial charge in [0.25, 0.3) is 0 Å². The Hall–Kier alpha value is -3.64. The second-order valence-electron chi connectivity index (χ2n) is 6.85. The number of hydrogen-bond acceptors (Lipinski definition) is 3. The van der Waals surface area contributed by atoms with Gasteiger partial charge in [-0.25, -0.2) is 18.6 Å².